The fourth-order valence-corrected chi connectivity index (χ4v) is 4.03. The van der Waals surface area contributed by atoms with Gasteiger partial charge in [-0.2, -0.15) is 5.10 Å². The van der Waals surface area contributed by atoms with Gasteiger partial charge in [-0.15, -0.1) is 0 Å². The molecular formula is C16H15N3O2S. The Labute approximate surface area is 128 Å². The van der Waals surface area contributed by atoms with E-state index in [0.717, 1.165) is 35.7 Å². The summed E-state index contributed by atoms with van der Waals surface area (Å²) in [4.78, 5) is 0.317. The van der Waals surface area contributed by atoms with Crippen LogP contribution in [-0.2, 0) is 22.9 Å². The number of aromatic nitrogens is 2. The quantitative estimate of drug-likeness (QED) is 0.781. The molecule has 3 aromatic rings. The number of sulfonamides is 1. The maximum Gasteiger partial charge on any atom is 0.261 e. The largest absolute Gasteiger partial charge is 0.280 e. The normalized spacial score (nSPS) is 14.2. The Kier molecular flexibility index (Phi) is 2.94. The second kappa shape index (κ2) is 4.84. The molecule has 0 saturated heterocycles. The van der Waals surface area contributed by atoms with Crippen molar-refractivity contribution in [2.24, 2.45) is 0 Å². The molecule has 0 aliphatic heterocycles. The highest BCUT2D eigenvalue weighted by molar-refractivity contribution is 7.92. The van der Waals surface area contributed by atoms with Gasteiger partial charge in [-0.1, -0.05) is 6.07 Å². The number of rotatable bonds is 3. The monoisotopic (exact) mass is 313 g/mol. The zero-order valence-corrected chi connectivity index (χ0v) is 12.7. The second-order valence-corrected chi connectivity index (χ2v) is 7.24. The lowest BCUT2D eigenvalue weighted by molar-refractivity contribution is 0.601. The lowest BCUT2D eigenvalue weighted by Crippen LogP contribution is -2.13. The van der Waals surface area contributed by atoms with Crippen molar-refractivity contribution in [2.75, 3.05) is 4.72 Å². The number of anilines is 1. The molecule has 0 radical (unpaired) electrons. The van der Waals surface area contributed by atoms with Gasteiger partial charge >= 0.3 is 0 Å². The summed E-state index contributed by atoms with van der Waals surface area (Å²) in [5, 5.41) is 7.71. The standard InChI is InChI=1S/C16H15N3O2S/c20-22(21,15-7-5-11-2-1-3-12(11)8-15)19-14-6-4-13-10-17-18-16(13)9-14/h4-10,19H,1-3H2,(H,17,18). The lowest BCUT2D eigenvalue weighted by atomic mass is 10.1. The van der Waals surface area contributed by atoms with Crippen molar-refractivity contribution in [1.82, 2.24) is 10.2 Å². The van der Waals surface area contributed by atoms with Crippen LogP contribution in [0.2, 0.25) is 0 Å². The SMILES string of the molecule is O=S(=O)(Nc1ccc2cn[nH]c2c1)c1ccc2c(c1)CCC2. The predicted molar refractivity (Wildman–Crippen MR) is 85.4 cm³/mol. The molecule has 1 aliphatic carbocycles. The Balaban J connectivity index is 1.68. The number of aryl methyl sites for hydroxylation is 2. The topological polar surface area (TPSA) is 74.8 Å². The first kappa shape index (κ1) is 13.3. The summed E-state index contributed by atoms with van der Waals surface area (Å²) in [5.41, 5.74) is 3.73. The molecule has 0 atom stereocenters. The molecule has 2 N–H and O–H groups in total. The van der Waals surface area contributed by atoms with E-state index in [0.29, 0.717) is 10.6 Å². The fourth-order valence-electron chi connectivity index (χ4n) is 2.93. The Morgan fingerprint density at radius 2 is 1.91 bits per heavy atom. The zero-order valence-electron chi connectivity index (χ0n) is 11.8. The van der Waals surface area contributed by atoms with E-state index < -0.39 is 10.0 Å². The first-order valence-electron chi connectivity index (χ1n) is 7.20. The van der Waals surface area contributed by atoms with Crippen LogP contribution >= 0.6 is 0 Å². The van der Waals surface area contributed by atoms with Crippen molar-refractivity contribution in [3.63, 3.8) is 0 Å². The molecule has 2 aromatic carbocycles. The molecule has 0 spiro atoms. The number of hydrogen-bond acceptors (Lipinski definition) is 3. The number of aromatic amines is 1. The van der Waals surface area contributed by atoms with Gasteiger partial charge in [0.05, 0.1) is 22.3 Å². The summed E-state index contributed by atoms with van der Waals surface area (Å²) >= 11 is 0. The van der Waals surface area contributed by atoms with Crippen molar-refractivity contribution in [3.8, 4) is 0 Å². The molecule has 0 unspecified atom stereocenters. The highest BCUT2D eigenvalue weighted by Gasteiger charge is 2.18. The van der Waals surface area contributed by atoms with Crippen molar-refractivity contribution in [1.29, 1.82) is 0 Å². The van der Waals surface area contributed by atoms with Crippen LogP contribution < -0.4 is 4.72 Å². The number of fused-ring (bicyclic) bond motifs is 2. The number of nitrogens with one attached hydrogen (secondary N) is 2. The van der Waals surface area contributed by atoms with Gasteiger partial charge in [-0.25, -0.2) is 8.42 Å². The summed E-state index contributed by atoms with van der Waals surface area (Å²) in [6.07, 6.45) is 4.80. The van der Waals surface area contributed by atoms with Crippen LogP contribution in [0.5, 0.6) is 0 Å². The molecule has 0 fully saturated rings. The van der Waals surface area contributed by atoms with Gasteiger partial charge in [0.1, 0.15) is 0 Å². The van der Waals surface area contributed by atoms with E-state index in [1.165, 1.54) is 5.56 Å². The Morgan fingerprint density at radius 1 is 1.05 bits per heavy atom. The van der Waals surface area contributed by atoms with Gasteiger partial charge < -0.3 is 0 Å². The summed E-state index contributed by atoms with van der Waals surface area (Å²) in [7, 11) is -3.57. The second-order valence-electron chi connectivity index (χ2n) is 5.56. The smallest absolute Gasteiger partial charge is 0.261 e. The zero-order chi connectivity index (χ0) is 15.2. The average molecular weight is 313 g/mol. The summed E-state index contributed by atoms with van der Waals surface area (Å²) in [6, 6.07) is 10.7. The predicted octanol–water partition coefficient (Wildman–Crippen LogP) is 2.85. The molecule has 22 heavy (non-hydrogen) atoms. The Morgan fingerprint density at radius 3 is 2.82 bits per heavy atom. The van der Waals surface area contributed by atoms with Crippen LogP contribution in [-0.4, -0.2) is 18.6 Å². The Bertz CT molecular complexity index is 960. The van der Waals surface area contributed by atoms with Gasteiger partial charge in [-0.3, -0.25) is 9.82 Å². The Hall–Kier alpha value is -2.34. The molecule has 6 heteroatoms. The van der Waals surface area contributed by atoms with E-state index in [-0.39, 0.29) is 0 Å². The number of hydrogen-bond donors (Lipinski definition) is 2. The van der Waals surface area contributed by atoms with Crippen molar-refractivity contribution >= 4 is 26.6 Å². The molecule has 1 heterocycles. The summed E-state index contributed by atoms with van der Waals surface area (Å²) in [6.45, 7) is 0. The van der Waals surface area contributed by atoms with E-state index in [1.807, 2.05) is 12.1 Å². The molecule has 1 aliphatic rings. The number of H-pyrrole nitrogens is 1. The van der Waals surface area contributed by atoms with Crippen LogP contribution in [0.3, 0.4) is 0 Å². The van der Waals surface area contributed by atoms with E-state index in [1.54, 1.807) is 30.5 Å². The van der Waals surface area contributed by atoms with Gasteiger partial charge in [-0.05, 0) is 60.7 Å². The molecule has 0 amide bonds. The maximum atomic E-state index is 12.5. The molecule has 112 valence electrons. The number of nitrogens with zero attached hydrogens (tertiary/aromatic N) is 1. The first-order valence-corrected chi connectivity index (χ1v) is 8.68. The number of benzene rings is 2. The van der Waals surface area contributed by atoms with E-state index in [4.69, 9.17) is 0 Å². The molecule has 1 aromatic heterocycles. The van der Waals surface area contributed by atoms with E-state index in [9.17, 15) is 8.42 Å². The van der Waals surface area contributed by atoms with Crippen LogP contribution in [0.15, 0.2) is 47.5 Å². The average Bonchev–Trinajstić information content (AvgIpc) is 3.14. The van der Waals surface area contributed by atoms with Crippen LogP contribution in [0.4, 0.5) is 5.69 Å². The van der Waals surface area contributed by atoms with Gasteiger partial charge in [0.15, 0.2) is 0 Å². The highest BCUT2D eigenvalue weighted by Crippen LogP contribution is 2.26. The molecule has 0 bridgehead atoms. The minimum Gasteiger partial charge on any atom is -0.280 e. The summed E-state index contributed by atoms with van der Waals surface area (Å²) < 4.78 is 27.7. The minimum atomic E-state index is -3.57. The third kappa shape index (κ3) is 2.25. The molecule has 5 nitrogen and oxygen atoms in total. The third-order valence-corrected chi connectivity index (χ3v) is 5.45. The molecular weight excluding hydrogens is 298 g/mol. The summed E-state index contributed by atoms with van der Waals surface area (Å²) in [5.74, 6) is 0. The van der Waals surface area contributed by atoms with Crippen LogP contribution in [0.1, 0.15) is 17.5 Å². The minimum absolute atomic E-state index is 0.317. The first-order chi connectivity index (χ1) is 10.6. The van der Waals surface area contributed by atoms with Crippen LogP contribution in [0, 0.1) is 0 Å². The fraction of sp³-hybridized carbons (Fsp3) is 0.188. The van der Waals surface area contributed by atoms with E-state index >= 15 is 0 Å². The van der Waals surface area contributed by atoms with Crippen LogP contribution in [0.25, 0.3) is 10.9 Å². The third-order valence-electron chi connectivity index (χ3n) is 4.07. The van der Waals surface area contributed by atoms with Gasteiger partial charge in [0.25, 0.3) is 10.0 Å². The maximum absolute atomic E-state index is 12.5. The molecule has 0 saturated carbocycles. The van der Waals surface area contributed by atoms with Crippen molar-refractivity contribution in [2.45, 2.75) is 24.2 Å². The van der Waals surface area contributed by atoms with Crippen molar-refractivity contribution < 1.29 is 8.42 Å². The van der Waals surface area contributed by atoms with E-state index in [2.05, 4.69) is 14.9 Å². The highest BCUT2D eigenvalue weighted by atomic mass is 32.2. The van der Waals surface area contributed by atoms with Gasteiger partial charge in [0, 0.05) is 5.39 Å². The van der Waals surface area contributed by atoms with Crippen molar-refractivity contribution in [3.05, 3.63) is 53.7 Å². The van der Waals surface area contributed by atoms with Gasteiger partial charge in [0.2, 0.25) is 0 Å². The molecule has 4 rings (SSSR count). The lowest BCUT2D eigenvalue weighted by Gasteiger charge is -2.09.